The maximum atomic E-state index is 14.3. The number of halogens is 2. The van der Waals surface area contributed by atoms with Crippen molar-refractivity contribution in [3.63, 3.8) is 0 Å². The van der Waals surface area contributed by atoms with Crippen LogP contribution in [0.3, 0.4) is 0 Å². The number of aromatic carboxylic acids is 1. The third-order valence-corrected chi connectivity index (χ3v) is 5.70. The highest BCUT2D eigenvalue weighted by Crippen LogP contribution is 2.44. The van der Waals surface area contributed by atoms with Crippen molar-refractivity contribution in [3.05, 3.63) is 101 Å². The van der Waals surface area contributed by atoms with Crippen molar-refractivity contribution in [1.82, 2.24) is 9.78 Å². The molecular weight excluding hydrogens is 444 g/mol. The minimum absolute atomic E-state index is 0.00130. The van der Waals surface area contributed by atoms with Gasteiger partial charge in [0.1, 0.15) is 23.7 Å². The Balaban J connectivity index is 1.40. The van der Waals surface area contributed by atoms with E-state index < -0.39 is 23.7 Å². The molecule has 1 aromatic heterocycles. The van der Waals surface area contributed by atoms with E-state index in [1.54, 1.807) is 0 Å². The molecule has 5 rings (SSSR count). The number of fused-ring (bicyclic) bond motifs is 3. The molecule has 0 saturated carbocycles. The molecular formula is C25H17F2N3O4. The van der Waals surface area contributed by atoms with Gasteiger partial charge in [0.2, 0.25) is 0 Å². The Labute approximate surface area is 192 Å². The first-order valence-corrected chi connectivity index (χ1v) is 10.3. The number of benzene rings is 3. The fraction of sp³-hybridized carbons (Fsp3) is 0.0800. The molecule has 34 heavy (non-hydrogen) atoms. The predicted molar refractivity (Wildman–Crippen MR) is 119 cm³/mol. The largest absolute Gasteiger partial charge is 0.477 e. The van der Waals surface area contributed by atoms with Gasteiger partial charge in [-0.25, -0.2) is 23.1 Å². The summed E-state index contributed by atoms with van der Waals surface area (Å²) in [4.78, 5) is 24.3. The summed E-state index contributed by atoms with van der Waals surface area (Å²) in [5.41, 5.74) is 3.54. The van der Waals surface area contributed by atoms with E-state index in [1.165, 1.54) is 0 Å². The highest BCUT2D eigenvalue weighted by Gasteiger charge is 2.29. The van der Waals surface area contributed by atoms with Crippen LogP contribution < -0.4 is 5.32 Å². The quantitative estimate of drug-likeness (QED) is 0.426. The van der Waals surface area contributed by atoms with Crippen LogP contribution in [0.4, 0.5) is 19.4 Å². The van der Waals surface area contributed by atoms with Crippen molar-refractivity contribution in [3.8, 4) is 16.8 Å². The van der Waals surface area contributed by atoms with E-state index in [2.05, 4.69) is 10.4 Å². The summed E-state index contributed by atoms with van der Waals surface area (Å²) in [6.07, 6.45) is 0.0261. The normalized spacial score (nSPS) is 12.2. The van der Waals surface area contributed by atoms with Crippen molar-refractivity contribution in [2.75, 3.05) is 11.9 Å². The lowest BCUT2D eigenvalue weighted by Crippen LogP contribution is -2.21. The van der Waals surface area contributed by atoms with Gasteiger partial charge in [0.25, 0.3) is 0 Å². The lowest BCUT2D eigenvalue weighted by molar-refractivity contribution is 0.0698. The van der Waals surface area contributed by atoms with E-state index in [1.807, 2.05) is 48.5 Å². The van der Waals surface area contributed by atoms with Gasteiger partial charge in [-0.1, -0.05) is 48.5 Å². The molecule has 0 atom stereocenters. The molecule has 0 bridgehead atoms. The molecule has 1 amide bonds. The van der Waals surface area contributed by atoms with Crippen molar-refractivity contribution in [2.24, 2.45) is 0 Å². The van der Waals surface area contributed by atoms with Crippen LogP contribution in [0.1, 0.15) is 27.4 Å². The fourth-order valence-corrected chi connectivity index (χ4v) is 4.19. The number of carbonyl (C=O) groups is 2. The number of hydrogen-bond donors (Lipinski definition) is 2. The SMILES string of the molecule is O=C(Nc1c(C(=O)O)cnn1-c1ccc(F)cc1F)OCC1c2ccccc2-c2ccccc21. The molecule has 0 saturated heterocycles. The highest BCUT2D eigenvalue weighted by molar-refractivity contribution is 5.98. The lowest BCUT2D eigenvalue weighted by atomic mass is 9.98. The number of hydrogen-bond acceptors (Lipinski definition) is 4. The van der Waals surface area contributed by atoms with Gasteiger partial charge in [0.15, 0.2) is 11.6 Å². The summed E-state index contributed by atoms with van der Waals surface area (Å²) in [6.45, 7) is 0.00130. The predicted octanol–water partition coefficient (Wildman–Crippen LogP) is 5.21. The Morgan fingerprint density at radius 3 is 2.26 bits per heavy atom. The number of carboxylic acids is 1. The van der Waals surface area contributed by atoms with E-state index >= 15 is 0 Å². The second kappa shape index (κ2) is 8.43. The third-order valence-electron chi connectivity index (χ3n) is 5.70. The highest BCUT2D eigenvalue weighted by atomic mass is 19.1. The summed E-state index contributed by atoms with van der Waals surface area (Å²) in [7, 11) is 0. The lowest BCUT2D eigenvalue weighted by Gasteiger charge is -2.15. The number of anilines is 1. The molecule has 0 spiro atoms. The van der Waals surface area contributed by atoms with Crippen LogP contribution in [0.2, 0.25) is 0 Å². The summed E-state index contributed by atoms with van der Waals surface area (Å²) in [5.74, 6) is -3.68. The number of carbonyl (C=O) groups excluding carboxylic acids is 1. The van der Waals surface area contributed by atoms with Crippen LogP contribution >= 0.6 is 0 Å². The van der Waals surface area contributed by atoms with Crippen molar-refractivity contribution < 1.29 is 28.2 Å². The maximum Gasteiger partial charge on any atom is 0.412 e. The number of carboxylic acid groups (broad SMARTS) is 1. The topological polar surface area (TPSA) is 93.5 Å². The Bertz CT molecular complexity index is 1390. The molecule has 7 nitrogen and oxygen atoms in total. The van der Waals surface area contributed by atoms with Crippen molar-refractivity contribution >= 4 is 17.9 Å². The Morgan fingerprint density at radius 2 is 1.65 bits per heavy atom. The molecule has 1 aliphatic rings. The number of amides is 1. The average Bonchev–Trinajstić information content (AvgIpc) is 3.37. The molecule has 0 unspecified atom stereocenters. The monoisotopic (exact) mass is 461 g/mol. The maximum absolute atomic E-state index is 14.3. The molecule has 0 fully saturated rings. The van der Waals surface area contributed by atoms with Crippen molar-refractivity contribution in [2.45, 2.75) is 5.92 Å². The zero-order valence-electron chi connectivity index (χ0n) is 17.5. The molecule has 0 radical (unpaired) electrons. The number of rotatable bonds is 5. The van der Waals surface area contributed by atoms with E-state index in [9.17, 15) is 23.5 Å². The zero-order valence-corrected chi connectivity index (χ0v) is 17.5. The zero-order chi connectivity index (χ0) is 23.8. The van der Waals surface area contributed by atoms with E-state index in [4.69, 9.17) is 4.74 Å². The molecule has 1 heterocycles. The Hall–Kier alpha value is -4.53. The molecule has 2 N–H and O–H groups in total. The van der Waals surface area contributed by atoms with Crippen LogP contribution in [0, 0.1) is 11.6 Å². The van der Waals surface area contributed by atoms with E-state index in [0.29, 0.717) is 6.07 Å². The average molecular weight is 461 g/mol. The summed E-state index contributed by atoms with van der Waals surface area (Å²) in [5, 5.41) is 15.7. The first kappa shape index (κ1) is 21.3. The number of aromatic nitrogens is 2. The minimum atomic E-state index is -1.39. The molecule has 1 aliphatic carbocycles. The summed E-state index contributed by atoms with van der Waals surface area (Å²) in [6, 6.07) is 18.4. The van der Waals surface area contributed by atoms with E-state index in [-0.39, 0.29) is 29.6 Å². The van der Waals surface area contributed by atoms with Gasteiger partial charge in [-0.15, -0.1) is 0 Å². The van der Waals surface area contributed by atoms with Gasteiger partial charge in [-0.3, -0.25) is 5.32 Å². The first-order valence-electron chi connectivity index (χ1n) is 10.3. The van der Waals surface area contributed by atoms with Gasteiger partial charge in [-0.2, -0.15) is 5.10 Å². The Morgan fingerprint density at radius 1 is 1.00 bits per heavy atom. The van der Waals surface area contributed by atoms with Crippen LogP contribution in [0.25, 0.3) is 16.8 Å². The van der Waals surface area contributed by atoms with Gasteiger partial charge < -0.3 is 9.84 Å². The van der Waals surface area contributed by atoms with Crippen LogP contribution in [0.5, 0.6) is 0 Å². The molecule has 9 heteroatoms. The molecule has 0 aliphatic heterocycles. The minimum Gasteiger partial charge on any atom is -0.477 e. The third kappa shape index (κ3) is 3.66. The second-order valence-corrected chi connectivity index (χ2v) is 7.67. The fourth-order valence-electron chi connectivity index (χ4n) is 4.19. The van der Waals surface area contributed by atoms with Gasteiger partial charge in [-0.05, 0) is 34.4 Å². The van der Waals surface area contributed by atoms with Gasteiger partial charge >= 0.3 is 12.1 Å². The van der Waals surface area contributed by atoms with Crippen LogP contribution in [-0.4, -0.2) is 33.6 Å². The van der Waals surface area contributed by atoms with E-state index in [0.717, 1.165) is 45.3 Å². The molecule has 4 aromatic rings. The smallest absolute Gasteiger partial charge is 0.412 e. The summed E-state index contributed by atoms with van der Waals surface area (Å²) < 4.78 is 33.9. The molecule has 3 aromatic carbocycles. The number of ether oxygens (including phenoxy) is 1. The second-order valence-electron chi connectivity index (χ2n) is 7.67. The first-order chi connectivity index (χ1) is 16.4. The van der Waals surface area contributed by atoms with Gasteiger partial charge in [0, 0.05) is 12.0 Å². The summed E-state index contributed by atoms with van der Waals surface area (Å²) >= 11 is 0. The van der Waals surface area contributed by atoms with Crippen LogP contribution in [-0.2, 0) is 4.74 Å². The molecule has 170 valence electrons. The Kier molecular flexibility index (Phi) is 5.29. The number of nitrogens with one attached hydrogen (secondary N) is 1. The van der Waals surface area contributed by atoms with Crippen molar-refractivity contribution in [1.29, 1.82) is 0 Å². The standard InChI is InChI=1S/C25H17F2N3O4/c26-14-9-10-22(21(27)11-14)30-23(19(12-28-30)24(31)32)29-25(33)34-13-20-17-7-3-1-5-15(17)16-6-2-4-8-18(16)20/h1-12,20H,13H2,(H,29,33)(H,31,32). The van der Waals surface area contributed by atoms with Crippen LogP contribution in [0.15, 0.2) is 72.9 Å². The van der Waals surface area contributed by atoms with Gasteiger partial charge in [0.05, 0.1) is 6.20 Å². The number of nitrogens with zero attached hydrogens (tertiary/aromatic N) is 2.